The summed E-state index contributed by atoms with van der Waals surface area (Å²) in [4.78, 5) is 10.8. The Balaban J connectivity index is 1.97. The van der Waals surface area contributed by atoms with Gasteiger partial charge >= 0.3 is 0 Å². The number of carbonyl (C=O) groups excluding carboxylic acids is 1. The topological polar surface area (TPSA) is 41.1 Å². The van der Waals surface area contributed by atoms with Crippen LogP contribution in [0.5, 0.6) is 0 Å². The van der Waals surface area contributed by atoms with Gasteiger partial charge < -0.3 is 10.6 Å². The highest BCUT2D eigenvalue weighted by Crippen LogP contribution is 2.35. The van der Waals surface area contributed by atoms with Crippen molar-refractivity contribution in [3.05, 3.63) is 0 Å². The summed E-state index contributed by atoms with van der Waals surface area (Å²) in [6.07, 6.45) is 2.76. The first-order valence-electron chi connectivity index (χ1n) is 4.65. The third-order valence-electron chi connectivity index (χ3n) is 2.46. The highest BCUT2D eigenvalue weighted by Gasteiger charge is 2.27. The van der Waals surface area contributed by atoms with Gasteiger partial charge in [0.2, 0.25) is 5.91 Å². The fourth-order valence-corrected chi connectivity index (χ4v) is 1.33. The van der Waals surface area contributed by atoms with E-state index in [1.807, 2.05) is 0 Å². The molecule has 0 bridgehead atoms. The van der Waals surface area contributed by atoms with E-state index in [2.05, 4.69) is 17.6 Å². The van der Waals surface area contributed by atoms with Crippen LogP contribution < -0.4 is 10.6 Å². The molecular formula is C9H18N2O. The number of likely N-dealkylation sites (N-methyl/N-ethyl adjacent to an activating group) is 1. The molecule has 0 spiro atoms. The second-order valence-corrected chi connectivity index (χ2v) is 3.62. The van der Waals surface area contributed by atoms with E-state index >= 15 is 0 Å². The maximum Gasteiger partial charge on any atom is 0.233 e. The number of hydrogen-bond acceptors (Lipinski definition) is 2. The van der Waals surface area contributed by atoms with Gasteiger partial charge in [-0.2, -0.15) is 0 Å². The average molecular weight is 170 g/mol. The normalized spacial score (nSPS) is 18.8. The van der Waals surface area contributed by atoms with Crippen molar-refractivity contribution in [1.82, 2.24) is 10.6 Å². The van der Waals surface area contributed by atoms with E-state index in [0.29, 0.717) is 6.54 Å². The molecule has 1 rings (SSSR count). The Kier molecular flexibility index (Phi) is 3.53. The zero-order chi connectivity index (χ0) is 8.97. The van der Waals surface area contributed by atoms with E-state index in [4.69, 9.17) is 0 Å². The van der Waals surface area contributed by atoms with Gasteiger partial charge in [0.05, 0.1) is 6.54 Å². The van der Waals surface area contributed by atoms with Crippen LogP contribution in [-0.4, -0.2) is 26.0 Å². The minimum absolute atomic E-state index is 0.0676. The lowest BCUT2D eigenvalue weighted by Gasteiger charge is -2.10. The zero-order valence-corrected chi connectivity index (χ0v) is 7.89. The lowest BCUT2D eigenvalue weighted by Crippen LogP contribution is -2.34. The largest absolute Gasteiger partial charge is 0.358 e. The van der Waals surface area contributed by atoms with Gasteiger partial charge in [-0.3, -0.25) is 4.79 Å². The molecule has 0 aromatic heterocycles. The monoisotopic (exact) mass is 170 g/mol. The maximum atomic E-state index is 10.8. The second kappa shape index (κ2) is 4.45. The lowest BCUT2D eigenvalue weighted by molar-refractivity contribution is -0.119. The first-order valence-corrected chi connectivity index (χ1v) is 4.65. The molecule has 1 atom stereocenters. The van der Waals surface area contributed by atoms with Gasteiger partial charge in [-0.25, -0.2) is 0 Å². The van der Waals surface area contributed by atoms with Crippen LogP contribution in [0.15, 0.2) is 0 Å². The van der Waals surface area contributed by atoms with E-state index in [-0.39, 0.29) is 5.91 Å². The molecule has 70 valence electrons. The molecule has 1 aliphatic carbocycles. The SMILES string of the molecule is CNC(=O)CNCC(C)C1CC1. The van der Waals surface area contributed by atoms with Crippen molar-refractivity contribution in [2.75, 3.05) is 20.1 Å². The van der Waals surface area contributed by atoms with Crippen LogP contribution in [0.25, 0.3) is 0 Å². The Labute approximate surface area is 73.9 Å². The number of nitrogens with one attached hydrogen (secondary N) is 2. The minimum atomic E-state index is 0.0676. The van der Waals surface area contributed by atoms with Gasteiger partial charge in [-0.15, -0.1) is 0 Å². The molecule has 2 N–H and O–H groups in total. The fourth-order valence-electron chi connectivity index (χ4n) is 1.33. The van der Waals surface area contributed by atoms with Crippen molar-refractivity contribution in [2.45, 2.75) is 19.8 Å². The van der Waals surface area contributed by atoms with Crippen molar-refractivity contribution in [2.24, 2.45) is 11.8 Å². The zero-order valence-electron chi connectivity index (χ0n) is 7.89. The highest BCUT2D eigenvalue weighted by atomic mass is 16.1. The summed E-state index contributed by atoms with van der Waals surface area (Å²) >= 11 is 0. The fraction of sp³-hybridized carbons (Fsp3) is 0.889. The van der Waals surface area contributed by atoms with Crippen molar-refractivity contribution >= 4 is 5.91 Å². The molecule has 0 aromatic rings. The predicted octanol–water partition coefficient (Wildman–Crippen LogP) is 0.368. The molecule has 3 heteroatoms. The summed E-state index contributed by atoms with van der Waals surface area (Å²) in [7, 11) is 1.66. The molecule has 0 aliphatic heterocycles. The Bertz CT molecular complexity index is 155. The van der Waals surface area contributed by atoms with Crippen LogP contribution in [0, 0.1) is 11.8 Å². The first kappa shape index (κ1) is 9.52. The molecule has 0 heterocycles. The first-order chi connectivity index (χ1) is 5.74. The summed E-state index contributed by atoms with van der Waals surface area (Å²) in [5, 5.41) is 5.73. The van der Waals surface area contributed by atoms with Crippen molar-refractivity contribution in [1.29, 1.82) is 0 Å². The van der Waals surface area contributed by atoms with Crippen LogP contribution in [-0.2, 0) is 4.79 Å². The van der Waals surface area contributed by atoms with Gasteiger partial charge in [0.15, 0.2) is 0 Å². The number of hydrogen-bond donors (Lipinski definition) is 2. The molecule has 0 aromatic carbocycles. The van der Waals surface area contributed by atoms with E-state index < -0.39 is 0 Å². The standard InChI is InChI=1S/C9H18N2O/c1-7(8-3-4-8)5-11-6-9(12)10-2/h7-8,11H,3-6H2,1-2H3,(H,10,12). The molecule has 0 radical (unpaired) electrons. The average Bonchev–Trinajstić information content (AvgIpc) is 2.86. The molecule has 1 saturated carbocycles. The maximum absolute atomic E-state index is 10.8. The van der Waals surface area contributed by atoms with E-state index in [9.17, 15) is 4.79 Å². The quantitative estimate of drug-likeness (QED) is 0.626. The van der Waals surface area contributed by atoms with E-state index in [1.54, 1.807) is 7.05 Å². The summed E-state index contributed by atoms with van der Waals surface area (Å²) < 4.78 is 0. The molecular weight excluding hydrogens is 152 g/mol. The summed E-state index contributed by atoms with van der Waals surface area (Å²) in [5.41, 5.74) is 0. The molecule has 1 aliphatic rings. The molecule has 12 heavy (non-hydrogen) atoms. The third kappa shape index (κ3) is 3.22. The van der Waals surface area contributed by atoms with Crippen LogP contribution >= 0.6 is 0 Å². The van der Waals surface area contributed by atoms with E-state index in [1.165, 1.54) is 12.8 Å². The van der Waals surface area contributed by atoms with Crippen LogP contribution in [0.1, 0.15) is 19.8 Å². The highest BCUT2D eigenvalue weighted by molar-refractivity contribution is 5.77. The second-order valence-electron chi connectivity index (χ2n) is 3.62. The Morgan fingerprint density at radius 2 is 2.25 bits per heavy atom. The smallest absolute Gasteiger partial charge is 0.233 e. The number of carbonyl (C=O) groups is 1. The number of rotatable bonds is 5. The third-order valence-corrected chi connectivity index (χ3v) is 2.46. The minimum Gasteiger partial charge on any atom is -0.358 e. The summed E-state index contributed by atoms with van der Waals surface area (Å²) in [6.45, 7) is 3.67. The van der Waals surface area contributed by atoms with Gasteiger partial charge in [0.1, 0.15) is 0 Å². The molecule has 1 amide bonds. The Morgan fingerprint density at radius 3 is 2.75 bits per heavy atom. The molecule has 1 unspecified atom stereocenters. The summed E-state index contributed by atoms with van der Waals surface area (Å²) in [6, 6.07) is 0. The van der Waals surface area contributed by atoms with Gasteiger partial charge in [-0.1, -0.05) is 6.92 Å². The van der Waals surface area contributed by atoms with E-state index in [0.717, 1.165) is 18.4 Å². The van der Waals surface area contributed by atoms with Crippen molar-refractivity contribution in [3.63, 3.8) is 0 Å². The molecule has 1 fully saturated rings. The van der Waals surface area contributed by atoms with Crippen LogP contribution in [0.4, 0.5) is 0 Å². The molecule has 0 saturated heterocycles. The van der Waals surface area contributed by atoms with Gasteiger partial charge in [0, 0.05) is 7.05 Å². The Morgan fingerprint density at radius 1 is 1.58 bits per heavy atom. The van der Waals surface area contributed by atoms with Crippen LogP contribution in [0.3, 0.4) is 0 Å². The number of amides is 1. The van der Waals surface area contributed by atoms with Crippen LogP contribution in [0.2, 0.25) is 0 Å². The molecule has 3 nitrogen and oxygen atoms in total. The lowest BCUT2D eigenvalue weighted by atomic mass is 10.1. The predicted molar refractivity (Wildman–Crippen MR) is 48.8 cm³/mol. The van der Waals surface area contributed by atoms with Gasteiger partial charge in [0.25, 0.3) is 0 Å². The Hall–Kier alpha value is -0.570. The van der Waals surface area contributed by atoms with Gasteiger partial charge in [-0.05, 0) is 31.2 Å². The summed E-state index contributed by atoms with van der Waals surface area (Å²) in [5.74, 6) is 1.72. The van der Waals surface area contributed by atoms with Crippen molar-refractivity contribution < 1.29 is 4.79 Å². The van der Waals surface area contributed by atoms with Crippen molar-refractivity contribution in [3.8, 4) is 0 Å².